The molecule has 3 aromatic rings. The molecule has 0 radical (unpaired) electrons. The summed E-state index contributed by atoms with van der Waals surface area (Å²) in [4.78, 5) is 58.4. The molecule has 0 aliphatic carbocycles. The van der Waals surface area contributed by atoms with Crippen LogP contribution in [0.15, 0.2) is 52.1 Å². The van der Waals surface area contributed by atoms with E-state index in [4.69, 9.17) is 10.5 Å². The third-order valence-corrected chi connectivity index (χ3v) is 8.03. The molecule has 0 bridgehead atoms. The van der Waals surface area contributed by atoms with Crippen LogP contribution < -0.4 is 21.7 Å². The zero-order valence-electron chi connectivity index (χ0n) is 23.6. The van der Waals surface area contributed by atoms with E-state index in [1.165, 1.54) is 0 Å². The minimum Gasteiger partial charge on any atom is -0.497 e. The molecule has 2 saturated heterocycles. The second-order valence-electron chi connectivity index (χ2n) is 10.2. The molecule has 2 amide bonds. The fourth-order valence-electron chi connectivity index (χ4n) is 5.75. The first-order valence-electron chi connectivity index (χ1n) is 14.1. The topological polar surface area (TPSA) is 131 Å². The highest BCUT2D eigenvalue weighted by molar-refractivity contribution is 5.98. The highest BCUT2D eigenvalue weighted by Gasteiger charge is 2.45. The van der Waals surface area contributed by atoms with Crippen molar-refractivity contribution in [3.8, 4) is 5.75 Å². The van der Waals surface area contributed by atoms with Crippen LogP contribution in [0.2, 0.25) is 0 Å². The number of aromatic nitrogens is 2. The molecule has 3 N–H and O–H groups in total. The lowest BCUT2D eigenvalue weighted by Gasteiger charge is -2.48. The molecule has 1 aromatic heterocycles. The van der Waals surface area contributed by atoms with Crippen molar-refractivity contribution >= 4 is 22.7 Å². The summed E-state index contributed by atoms with van der Waals surface area (Å²) >= 11 is 0. The number of nitrogens with one attached hydrogen (secondary N) is 1. The Morgan fingerprint density at radius 1 is 0.950 bits per heavy atom. The second-order valence-corrected chi connectivity index (χ2v) is 10.2. The molecule has 0 unspecified atom stereocenters. The first kappa shape index (κ1) is 29.1. The van der Waals surface area contributed by atoms with Crippen molar-refractivity contribution in [1.82, 2.24) is 19.4 Å². The number of ether oxygens (including phenoxy) is 1. The molecule has 2 aliphatic rings. The number of likely N-dealkylation sites (tertiary alicyclic amines) is 2. The lowest BCUT2D eigenvalue weighted by atomic mass is 9.83. The van der Waals surface area contributed by atoms with Crippen LogP contribution in [0.3, 0.4) is 0 Å². The van der Waals surface area contributed by atoms with Gasteiger partial charge in [0, 0.05) is 18.7 Å². The van der Waals surface area contributed by atoms with E-state index in [1.807, 2.05) is 13.8 Å². The van der Waals surface area contributed by atoms with Crippen LogP contribution in [0.1, 0.15) is 61.9 Å². The quantitative estimate of drug-likeness (QED) is 0.486. The van der Waals surface area contributed by atoms with Crippen molar-refractivity contribution in [1.29, 1.82) is 0 Å². The Kier molecular flexibility index (Phi) is 9.09. The standard InChI is InChI=1S/C28H33N5O5.C2H6/c1-38-21-8-5-19(6-9-21)18-33-25(35)22-10-7-20(17-23(22)30-27(33)37)24(34)31-15-11-28(12-16-31,26(29)36)32-13-3-2-4-14-32;1-2/h5-10,17H,2-4,11-16,18H2,1H3,(H2,29,36)(H,30,37);1-2H3. The van der Waals surface area contributed by atoms with E-state index in [0.717, 1.165) is 42.5 Å². The molecule has 0 saturated carbocycles. The number of aromatic amines is 1. The maximum atomic E-state index is 13.3. The van der Waals surface area contributed by atoms with Crippen molar-refractivity contribution in [2.24, 2.45) is 5.73 Å². The number of primary amides is 1. The molecule has 0 spiro atoms. The first-order valence-corrected chi connectivity index (χ1v) is 14.1. The number of hydrogen-bond donors (Lipinski definition) is 2. The van der Waals surface area contributed by atoms with Crippen LogP contribution in [-0.2, 0) is 11.3 Å². The summed E-state index contributed by atoms with van der Waals surface area (Å²) < 4.78 is 6.30. The van der Waals surface area contributed by atoms with Crippen molar-refractivity contribution in [2.75, 3.05) is 33.3 Å². The van der Waals surface area contributed by atoms with Crippen LogP contribution in [0, 0.1) is 0 Å². The molecule has 40 heavy (non-hydrogen) atoms. The summed E-state index contributed by atoms with van der Waals surface area (Å²) in [5.41, 5.74) is 5.67. The molecule has 2 aromatic carbocycles. The van der Waals surface area contributed by atoms with Crippen LogP contribution in [-0.4, -0.2) is 70.0 Å². The van der Waals surface area contributed by atoms with Gasteiger partial charge in [-0.2, -0.15) is 0 Å². The average Bonchev–Trinajstić information content (AvgIpc) is 3.00. The van der Waals surface area contributed by atoms with E-state index in [1.54, 1.807) is 54.5 Å². The van der Waals surface area contributed by atoms with Crippen molar-refractivity contribution < 1.29 is 14.3 Å². The number of amides is 2. The number of methoxy groups -OCH3 is 1. The third-order valence-electron chi connectivity index (χ3n) is 8.03. The summed E-state index contributed by atoms with van der Waals surface area (Å²) in [6.45, 7) is 6.64. The van der Waals surface area contributed by atoms with E-state index in [2.05, 4.69) is 9.88 Å². The van der Waals surface area contributed by atoms with E-state index in [-0.39, 0.29) is 18.4 Å². The smallest absolute Gasteiger partial charge is 0.329 e. The fourth-order valence-corrected chi connectivity index (χ4v) is 5.75. The Morgan fingerprint density at radius 3 is 2.20 bits per heavy atom. The summed E-state index contributed by atoms with van der Waals surface area (Å²) in [7, 11) is 1.57. The van der Waals surface area contributed by atoms with E-state index >= 15 is 0 Å². The first-order chi connectivity index (χ1) is 19.3. The molecule has 214 valence electrons. The van der Waals surface area contributed by atoms with E-state index in [0.29, 0.717) is 48.1 Å². The van der Waals surface area contributed by atoms with Gasteiger partial charge in [0.15, 0.2) is 0 Å². The Hall–Kier alpha value is -3.92. The molecule has 2 fully saturated rings. The Balaban J connectivity index is 0.00000181. The zero-order chi connectivity index (χ0) is 28.9. The Bertz CT molecular complexity index is 1460. The molecular formula is C30H39N5O5. The van der Waals surface area contributed by atoms with Gasteiger partial charge in [0.05, 0.1) is 24.6 Å². The van der Waals surface area contributed by atoms with Gasteiger partial charge in [-0.15, -0.1) is 0 Å². The third kappa shape index (κ3) is 5.67. The lowest BCUT2D eigenvalue weighted by molar-refractivity contribution is -0.134. The normalized spacial score (nSPS) is 17.1. The molecule has 10 nitrogen and oxygen atoms in total. The predicted octanol–water partition coefficient (Wildman–Crippen LogP) is 2.72. The second kappa shape index (κ2) is 12.5. The van der Waals surface area contributed by atoms with Gasteiger partial charge < -0.3 is 20.4 Å². The molecule has 2 aliphatic heterocycles. The largest absolute Gasteiger partial charge is 0.497 e. The fraction of sp³-hybridized carbons (Fsp3) is 0.467. The number of nitrogens with two attached hydrogens (primary N) is 1. The van der Waals surface area contributed by atoms with Gasteiger partial charge in [0.1, 0.15) is 11.3 Å². The van der Waals surface area contributed by atoms with Gasteiger partial charge in [0.25, 0.3) is 11.5 Å². The molecule has 0 atom stereocenters. The highest BCUT2D eigenvalue weighted by atomic mass is 16.5. The van der Waals surface area contributed by atoms with Gasteiger partial charge in [-0.3, -0.25) is 23.9 Å². The number of carbonyl (C=O) groups is 2. The number of piperidine rings is 2. The lowest BCUT2D eigenvalue weighted by Crippen LogP contribution is -2.63. The number of benzene rings is 2. The highest BCUT2D eigenvalue weighted by Crippen LogP contribution is 2.32. The van der Waals surface area contributed by atoms with Crippen molar-refractivity contribution in [3.05, 3.63) is 74.4 Å². The van der Waals surface area contributed by atoms with Gasteiger partial charge in [-0.1, -0.05) is 32.4 Å². The minimum atomic E-state index is -0.708. The average molecular weight is 550 g/mol. The predicted molar refractivity (Wildman–Crippen MR) is 155 cm³/mol. The number of H-pyrrole nitrogens is 1. The summed E-state index contributed by atoms with van der Waals surface area (Å²) in [5.74, 6) is 0.166. The van der Waals surface area contributed by atoms with Crippen LogP contribution >= 0.6 is 0 Å². The van der Waals surface area contributed by atoms with Crippen LogP contribution in [0.4, 0.5) is 0 Å². The van der Waals surface area contributed by atoms with Gasteiger partial charge in [-0.25, -0.2) is 4.79 Å². The van der Waals surface area contributed by atoms with Gasteiger partial charge in [0.2, 0.25) is 5.91 Å². The Labute approximate surface area is 233 Å². The van der Waals surface area contributed by atoms with Crippen LogP contribution in [0.25, 0.3) is 10.9 Å². The SMILES string of the molecule is CC.COc1ccc(Cn2c(=O)[nH]c3cc(C(=O)N4CCC(C(N)=O)(N5CCCCC5)CC4)ccc3c2=O)cc1. The number of hydrogen-bond acceptors (Lipinski definition) is 6. The van der Waals surface area contributed by atoms with E-state index in [9.17, 15) is 19.2 Å². The number of rotatable bonds is 6. The number of carbonyl (C=O) groups excluding carboxylic acids is 2. The molecular weight excluding hydrogens is 510 g/mol. The molecule has 3 heterocycles. The van der Waals surface area contributed by atoms with E-state index < -0.39 is 16.8 Å². The maximum Gasteiger partial charge on any atom is 0.329 e. The van der Waals surface area contributed by atoms with Gasteiger partial charge in [-0.05, 0) is 74.7 Å². The van der Waals surface area contributed by atoms with Crippen LogP contribution in [0.5, 0.6) is 5.75 Å². The monoisotopic (exact) mass is 549 g/mol. The number of fused-ring (bicyclic) bond motifs is 1. The minimum absolute atomic E-state index is 0.112. The zero-order valence-corrected chi connectivity index (χ0v) is 23.6. The summed E-state index contributed by atoms with van der Waals surface area (Å²) in [5, 5.41) is 0.325. The van der Waals surface area contributed by atoms with Gasteiger partial charge >= 0.3 is 5.69 Å². The Morgan fingerprint density at radius 2 is 1.60 bits per heavy atom. The van der Waals surface area contributed by atoms with Crippen molar-refractivity contribution in [2.45, 2.75) is 58.0 Å². The number of nitrogens with zero attached hydrogens (tertiary/aromatic N) is 3. The summed E-state index contributed by atoms with van der Waals surface area (Å²) in [6, 6.07) is 11.9. The molecule has 5 rings (SSSR count). The maximum absolute atomic E-state index is 13.3. The summed E-state index contributed by atoms with van der Waals surface area (Å²) in [6.07, 6.45) is 4.25. The molecule has 10 heteroatoms. The van der Waals surface area contributed by atoms with Crippen molar-refractivity contribution in [3.63, 3.8) is 0 Å².